The SMILES string of the molecule is CCSCC[C@H](C)N(C)CC(=O)N[C@@H](C)C(=O)N1CCCCC1. The number of carbonyl (C=O) groups is 2. The van der Waals surface area contributed by atoms with E-state index in [0.717, 1.165) is 43.9 Å². The van der Waals surface area contributed by atoms with E-state index in [0.29, 0.717) is 12.6 Å². The van der Waals surface area contributed by atoms with Gasteiger partial charge in [0.1, 0.15) is 6.04 Å². The Bertz CT molecular complexity index is 373. The molecule has 0 spiro atoms. The first-order chi connectivity index (χ1) is 11.0. The quantitative estimate of drug-likeness (QED) is 0.650. The molecule has 0 aromatic rings. The Balaban J connectivity index is 2.32. The van der Waals surface area contributed by atoms with Crippen LogP contribution in [0.15, 0.2) is 0 Å². The summed E-state index contributed by atoms with van der Waals surface area (Å²) in [7, 11) is 1.97. The Morgan fingerprint density at radius 2 is 1.87 bits per heavy atom. The zero-order chi connectivity index (χ0) is 17.2. The van der Waals surface area contributed by atoms with Gasteiger partial charge in [0.05, 0.1) is 6.54 Å². The van der Waals surface area contributed by atoms with Crippen molar-refractivity contribution in [1.82, 2.24) is 15.1 Å². The fourth-order valence-corrected chi connectivity index (χ4v) is 3.53. The molecule has 5 nitrogen and oxygen atoms in total. The summed E-state index contributed by atoms with van der Waals surface area (Å²) in [6.45, 7) is 8.08. The van der Waals surface area contributed by atoms with Crippen LogP contribution in [0.2, 0.25) is 0 Å². The van der Waals surface area contributed by atoms with Gasteiger partial charge in [0, 0.05) is 19.1 Å². The van der Waals surface area contributed by atoms with E-state index in [1.807, 2.05) is 23.7 Å². The first kappa shape index (κ1) is 20.3. The maximum Gasteiger partial charge on any atom is 0.244 e. The van der Waals surface area contributed by atoms with Crippen molar-refractivity contribution in [3.63, 3.8) is 0 Å². The van der Waals surface area contributed by atoms with Crippen molar-refractivity contribution in [3.8, 4) is 0 Å². The van der Waals surface area contributed by atoms with Crippen LogP contribution in [-0.2, 0) is 9.59 Å². The highest BCUT2D eigenvalue weighted by Crippen LogP contribution is 2.10. The Hall–Kier alpha value is -0.750. The van der Waals surface area contributed by atoms with E-state index in [2.05, 4.69) is 24.1 Å². The summed E-state index contributed by atoms with van der Waals surface area (Å²) < 4.78 is 0. The number of rotatable bonds is 9. The highest BCUT2D eigenvalue weighted by atomic mass is 32.2. The minimum atomic E-state index is -0.431. The van der Waals surface area contributed by atoms with Crippen LogP contribution in [0.5, 0.6) is 0 Å². The van der Waals surface area contributed by atoms with Crippen LogP contribution in [0.25, 0.3) is 0 Å². The summed E-state index contributed by atoms with van der Waals surface area (Å²) in [5.74, 6) is 2.23. The van der Waals surface area contributed by atoms with Crippen LogP contribution in [-0.4, -0.2) is 71.9 Å². The summed E-state index contributed by atoms with van der Waals surface area (Å²) in [5.41, 5.74) is 0. The number of nitrogens with zero attached hydrogens (tertiary/aromatic N) is 2. The minimum Gasteiger partial charge on any atom is -0.343 e. The van der Waals surface area contributed by atoms with Gasteiger partial charge in [-0.1, -0.05) is 6.92 Å². The van der Waals surface area contributed by atoms with Gasteiger partial charge in [-0.3, -0.25) is 14.5 Å². The highest BCUT2D eigenvalue weighted by molar-refractivity contribution is 7.99. The fraction of sp³-hybridized carbons (Fsp3) is 0.882. The molecule has 1 heterocycles. The summed E-state index contributed by atoms with van der Waals surface area (Å²) >= 11 is 1.93. The lowest BCUT2D eigenvalue weighted by Gasteiger charge is -2.30. The van der Waals surface area contributed by atoms with Gasteiger partial charge in [-0.25, -0.2) is 0 Å². The second-order valence-electron chi connectivity index (χ2n) is 6.42. The van der Waals surface area contributed by atoms with Gasteiger partial charge < -0.3 is 10.2 Å². The molecule has 0 aromatic heterocycles. The van der Waals surface area contributed by atoms with Crippen LogP contribution < -0.4 is 5.32 Å². The molecule has 1 fully saturated rings. The molecule has 134 valence electrons. The second kappa shape index (κ2) is 10.9. The van der Waals surface area contributed by atoms with E-state index in [-0.39, 0.29) is 11.8 Å². The molecule has 2 amide bonds. The van der Waals surface area contributed by atoms with Gasteiger partial charge in [0.15, 0.2) is 0 Å². The molecule has 1 saturated heterocycles. The Labute approximate surface area is 145 Å². The molecule has 6 heteroatoms. The Kier molecular flexibility index (Phi) is 9.63. The van der Waals surface area contributed by atoms with Crippen LogP contribution in [0.3, 0.4) is 0 Å². The lowest BCUT2D eigenvalue weighted by molar-refractivity contribution is -0.137. The van der Waals surface area contributed by atoms with E-state index in [1.165, 1.54) is 6.42 Å². The van der Waals surface area contributed by atoms with Gasteiger partial charge in [-0.05, 0) is 58.1 Å². The zero-order valence-corrected chi connectivity index (χ0v) is 16.0. The summed E-state index contributed by atoms with van der Waals surface area (Å²) in [6.07, 6.45) is 4.42. The van der Waals surface area contributed by atoms with Crippen LogP contribution in [0, 0.1) is 0 Å². The number of hydrogen-bond donors (Lipinski definition) is 1. The van der Waals surface area contributed by atoms with Crippen LogP contribution in [0.1, 0.15) is 46.5 Å². The van der Waals surface area contributed by atoms with Crippen molar-refractivity contribution in [2.45, 2.75) is 58.5 Å². The third-order valence-electron chi connectivity index (χ3n) is 4.45. The molecule has 0 bridgehead atoms. The number of amides is 2. The van der Waals surface area contributed by atoms with Gasteiger partial charge in [-0.2, -0.15) is 11.8 Å². The Morgan fingerprint density at radius 1 is 1.22 bits per heavy atom. The maximum atomic E-state index is 12.3. The van der Waals surface area contributed by atoms with Gasteiger partial charge >= 0.3 is 0 Å². The fourth-order valence-electron chi connectivity index (χ4n) is 2.74. The first-order valence-electron chi connectivity index (χ1n) is 8.81. The molecular formula is C17H33N3O2S. The number of likely N-dealkylation sites (tertiary alicyclic amines) is 1. The van der Waals surface area contributed by atoms with E-state index in [4.69, 9.17) is 0 Å². The average Bonchev–Trinajstić information content (AvgIpc) is 2.54. The van der Waals surface area contributed by atoms with Gasteiger partial charge in [0.2, 0.25) is 11.8 Å². The van der Waals surface area contributed by atoms with E-state index < -0.39 is 6.04 Å². The summed E-state index contributed by atoms with van der Waals surface area (Å²) in [5, 5.41) is 2.85. The smallest absolute Gasteiger partial charge is 0.244 e. The molecule has 23 heavy (non-hydrogen) atoms. The molecule has 2 atom stereocenters. The topological polar surface area (TPSA) is 52.7 Å². The molecule has 0 aliphatic carbocycles. The zero-order valence-electron chi connectivity index (χ0n) is 15.1. The number of piperidine rings is 1. The molecule has 0 unspecified atom stereocenters. The third kappa shape index (κ3) is 7.57. The predicted molar refractivity (Wildman–Crippen MR) is 97.7 cm³/mol. The van der Waals surface area contributed by atoms with E-state index in [1.54, 1.807) is 6.92 Å². The van der Waals surface area contributed by atoms with Gasteiger partial charge in [-0.15, -0.1) is 0 Å². The van der Waals surface area contributed by atoms with Crippen molar-refractivity contribution in [1.29, 1.82) is 0 Å². The third-order valence-corrected chi connectivity index (χ3v) is 5.38. The number of carbonyl (C=O) groups excluding carboxylic acids is 2. The van der Waals surface area contributed by atoms with Crippen molar-refractivity contribution in [3.05, 3.63) is 0 Å². The minimum absolute atomic E-state index is 0.0492. The average molecular weight is 344 g/mol. The molecule has 1 rings (SSSR count). The molecular weight excluding hydrogens is 310 g/mol. The van der Waals surface area contributed by atoms with Gasteiger partial charge in [0.25, 0.3) is 0 Å². The lowest BCUT2D eigenvalue weighted by atomic mass is 10.1. The summed E-state index contributed by atoms with van der Waals surface area (Å²) in [6, 6.07) is -0.0622. The highest BCUT2D eigenvalue weighted by Gasteiger charge is 2.24. The standard InChI is InChI=1S/C17H33N3O2S/c1-5-23-12-9-14(2)19(4)13-16(21)18-15(3)17(22)20-10-7-6-8-11-20/h14-15H,5-13H2,1-4H3,(H,18,21)/t14-,15-/m0/s1. The molecule has 1 N–H and O–H groups in total. The summed E-state index contributed by atoms with van der Waals surface area (Å²) in [4.78, 5) is 28.4. The second-order valence-corrected chi connectivity index (χ2v) is 7.82. The van der Waals surface area contributed by atoms with Crippen molar-refractivity contribution >= 4 is 23.6 Å². The number of thioether (sulfide) groups is 1. The Morgan fingerprint density at radius 3 is 2.48 bits per heavy atom. The molecule has 1 aliphatic rings. The van der Waals surface area contributed by atoms with E-state index >= 15 is 0 Å². The van der Waals surface area contributed by atoms with Crippen LogP contribution in [0.4, 0.5) is 0 Å². The maximum absolute atomic E-state index is 12.3. The largest absolute Gasteiger partial charge is 0.343 e. The number of hydrogen-bond acceptors (Lipinski definition) is 4. The normalized spacial score (nSPS) is 17.9. The number of likely N-dealkylation sites (N-methyl/N-ethyl adjacent to an activating group) is 1. The monoisotopic (exact) mass is 343 g/mol. The molecule has 0 saturated carbocycles. The van der Waals surface area contributed by atoms with Crippen molar-refractivity contribution < 1.29 is 9.59 Å². The lowest BCUT2D eigenvalue weighted by Crippen LogP contribution is -2.50. The molecule has 1 aliphatic heterocycles. The van der Waals surface area contributed by atoms with Crippen LogP contribution >= 0.6 is 11.8 Å². The van der Waals surface area contributed by atoms with Crippen molar-refractivity contribution in [2.75, 3.05) is 38.2 Å². The predicted octanol–water partition coefficient (Wildman–Crippen LogP) is 1.97. The van der Waals surface area contributed by atoms with Crippen molar-refractivity contribution in [2.24, 2.45) is 0 Å². The van der Waals surface area contributed by atoms with E-state index in [9.17, 15) is 9.59 Å². The first-order valence-corrected chi connectivity index (χ1v) is 9.97. The number of nitrogens with one attached hydrogen (secondary N) is 1. The molecule has 0 aromatic carbocycles. The molecule has 0 radical (unpaired) electrons.